The number of nitrogens with one attached hydrogen (secondary N) is 2. The van der Waals surface area contributed by atoms with Gasteiger partial charge in [0.2, 0.25) is 15.8 Å². The zero-order valence-corrected chi connectivity index (χ0v) is 20.4. The molecule has 2 N–H and O–H groups in total. The molecule has 0 spiro atoms. The van der Waals surface area contributed by atoms with Crippen LogP contribution in [0.15, 0.2) is 21.6 Å². The molecule has 2 fully saturated rings. The van der Waals surface area contributed by atoms with E-state index in [9.17, 15) is 17.2 Å². The summed E-state index contributed by atoms with van der Waals surface area (Å²) in [7, 11) is -4.01. The molecular weight excluding hydrogens is 486 g/mol. The summed E-state index contributed by atoms with van der Waals surface area (Å²) in [5.41, 5.74) is 0.104. The van der Waals surface area contributed by atoms with Crippen molar-refractivity contribution in [3.8, 4) is 11.7 Å². The molecule has 2 saturated heterocycles. The molecule has 35 heavy (non-hydrogen) atoms. The number of anilines is 1. The number of ether oxygens (including phenoxy) is 1. The summed E-state index contributed by atoms with van der Waals surface area (Å²) in [5, 5.41) is 18.7. The first-order valence-electron chi connectivity index (χ1n) is 11.1. The van der Waals surface area contributed by atoms with Crippen molar-refractivity contribution >= 4 is 21.4 Å². The predicted molar refractivity (Wildman–Crippen MR) is 120 cm³/mol. The minimum atomic E-state index is -4.01. The second kappa shape index (κ2) is 8.43. The number of halogens is 2. The molecule has 5 rings (SSSR count). The van der Waals surface area contributed by atoms with Gasteiger partial charge in [-0.2, -0.15) is 8.78 Å². The zero-order valence-electron chi connectivity index (χ0n) is 19.6. The van der Waals surface area contributed by atoms with Gasteiger partial charge in [-0.05, 0) is 33.8 Å². The zero-order chi connectivity index (χ0) is 25.1. The first-order chi connectivity index (χ1) is 16.5. The van der Waals surface area contributed by atoms with Gasteiger partial charge in [0, 0.05) is 31.4 Å². The van der Waals surface area contributed by atoms with Crippen LogP contribution in [0.2, 0.25) is 0 Å². The van der Waals surface area contributed by atoms with Crippen LogP contribution in [-0.2, 0) is 14.8 Å². The highest BCUT2D eigenvalue weighted by Crippen LogP contribution is 2.32. The Kier molecular flexibility index (Phi) is 5.77. The number of hydrogen-bond donors (Lipinski definition) is 2. The van der Waals surface area contributed by atoms with Crippen LogP contribution in [0.3, 0.4) is 0 Å². The number of alkyl halides is 2. The van der Waals surface area contributed by atoms with Crippen molar-refractivity contribution in [1.29, 1.82) is 0 Å². The van der Waals surface area contributed by atoms with E-state index in [2.05, 4.69) is 30.4 Å². The van der Waals surface area contributed by atoms with E-state index in [1.165, 1.54) is 10.6 Å². The molecule has 0 radical (unpaired) electrons. The van der Waals surface area contributed by atoms with E-state index in [1.54, 1.807) is 19.9 Å². The molecule has 12 nitrogen and oxygen atoms in total. The van der Waals surface area contributed by atoms with Gasteiger partial charge in [0.05, 0.1) is 23.9 Å². The fourth-order valence-electron chi connectivity index (χ4n) is 4.39. The van der Waals surface area contributed by atoms with Crippen molar-refractivity contribution in [3.05, 3.63) is 18.2 Å². The lowest BCUT2D eigenvalue weighted by Gasteiger charge is -2.45. The van der Waals surface area contributed by atoms with E-state index in [1.807, 2.05) is 18.7 Å². The molecule has 15 heteroatoms. The van der Waals surface area contributed by atoms with Gasteiger partial charge in [-0.3, -0.25) is 4.40 Å². The van der Waals surface area contributed by atoms with Gasteiger partial charge in [-0.25, -0.2) is 13.1 Å². The lowest BCUT2D eigenvalue weighted by molar-refractivity contribution is -0.120. The van der Waals surface area contributed by atoms with Gasteiger partial charge in [0.1, 0.15) is 4.90 Å². The number of hydrogen-bond acceptors (Lipinski definition) is 10. The van der Waals surface area contributed by atoms with E-state index >= 15 is 0 Å². The van der Waals surface area contributed by atoms with Crippen LogP contribution in [0.5, 0.6) is 0 Å². The van der Waals surface area contributed by atoms with Crippen molar-refractivity contribution < 1.29 is 26.4 Å². The normalized spacial score (nSPS) is 27.5. The highest BCUT2D eigenvalue weighted by molar-refractivity contribution is 7.89. The van der Waals surface area contributed by atoms with Crippen molar-refractivity contribution in [3.63, 3.8) is 0 Å². The largest absolute Gasteiger partial charge is 0.412 e. The van der Waals surface area contributed by atoms with E-state index in [0.29, 0.717) is 24.4 Å². The van der Waals surface area contributed by atoms with E-state index in [4.69, 9.17) is 9.15 Å². The minimum Gasteiger partial charge on any atom is -0.412 e. The Balaban J connectivity index is 1.65. The number of piperazine rings is 1. The molecule has 0 aromatic carbocycles. The quantitative estimate of drug-likeness (QED) is 0.497. The fraction of sp³-hybridized carbons (Fsp3) is 0.600. The van der Waals surface area contributed by atoms with Crippen LogP contribution in [0, 0.1) is 0 Å². The predicted octanol–water partition coefficient (Wildman–Crippen LogP) is 1.36. The number of pyridine rings is 1. The lowest BCUT2D eigenvalue weighted by atomic mass is 9.93. The number of rotatable bonds is 6. The number of sulfonamides is 1. The third kappa shape index (κ3) is 4.26. The molecule has 2 aliphatic heterocycles. The van der Waals surface area contributed by atoms with Crippen LogP contribution in [-0.4, -0.2) is 76.6 Å². The Morgan fingerprint density at radius 2 is 1.89 bits per heavy atom. The summed E-state index contributed by atoms with van der Waals surface area (Å²) in [6, 6.07) is 1.82. The lowest BCUT2D eigenvalue weighted by Crippen LogP contribution is -2.65. The summed E-state index contributed by atoms with van der Waals surface area (Å²) < 4.78 is 67.5. The average Bonchev–Trinajstić information content (AvgIpc) is 3.43. The maximum atomic E-state index is 13.5. The van der Waals surface area contributed by atoms with Crippen molar-refractivity contribution in [2.75, 3.05) is 24.6 Å². The van der Waals surface area contributed by atoms with E-state index in [0.717, 1.165) is 0 Å². The Morgan fingerprint density at radius 1 is 1.17 bits per heavy atom. The third-order valence-electron chi connectivity index (χ3n) is 6.39. The second-order valence-corrected chi connectivity index (χ2v) is 11.1. The van der Waals surface area contributed by atoms with Crippen LogP contribution in [0.4, 0.5) is 14.5 Å². The first kappa shape index (κ1) is 24.0. The van der Waals surface area contributed by atoms with Gasteiger partial charge >= 0.3 is 6.43 Å². The SMILES string of the molecule is CC1OCC1(C)NS(=O)(=O)c1cc(N2C[C@H](C)N[C@@H](C)C2)c2nnc(-c3nnc(C(F)F)o3)n2c1. The van der Waals surface area contributed by atoms with E-state index < -0.39 is 27.9 Å². The Labute approximate surface area is 200 Å². The summed E-state index contributed by atoms with van der Waals surface area (Å²) in [4.78, 5) is 1.97. The minimum absolute atomic E-state index is 0.0412. The number of fused-ring (bicyclic) bond motifs is 1. The van der Waals surface area contributed by atoms with Crippen molar-refractivity contribution in [2.45, 2.75) is 62.7 Å². The summed E-state index contributed by atoms with van der Waals surface area (Å²) in [6.45, 7) is 9.05. The molecular formula is C20H26F2N8O4S. The van der Waals surface area contributed by atoms with Gasteiger partial charge in [0.15, 0.2) is 5.65 Å². The van der Waals surface area contributed by atoms with Gasteiger partial charge in [-0.15, -0.1) is 20.4 Å². The average molecular weight is 513 g/mol. The maximum Gasteiger partial charge on any atom is 0.314 e. The number of aromatic nitrogens is 5. The molecule has 2 aliphatic rings. The third-order valence-corrected chi connectivity index (χ3v) is 7.96. The molecule has 190 valence electrons. The van der Waals surface area contributed by atoms with Crippen LogP contribution >= 0.6 is 0 Å². The topological polar surface area (TPSA) is 140 Å². The van der Waals surface area contributed by atoms with Crippen molar-refractivity contribution in [1.82, 2.24) is 34.8 Å². The second-order valence-electron chi connectivity index (χ2n) is 9.37. The molecule has 0 amide bonds. The molecule has 2 unspecified atom stereocenters. The van der Waals surface area contributed by atoms with Gasteiger partial charge in [-0.1, -0.05) is 0 Å². The molecule has 0 bridgehead atoms. The molecule has 4 atom stereocenters. The molecule has 5 heterocycles. The smallest absolute Gasteiger partial charge is 0.314 e. The summed E-state index contributed by atoms with van der Waals surface area (Å²) >= 11 is 0. The highest BCUT2D eigenvalue weighted by atomic mass is 32.2. The monoisotopic (exact) mass is 512 g/mol. The molecule has 0 aliphatic carbocycles. The van der Waals surface area contributed by atoms with Crippen molar-refractivity contribution in [2.24, 2.45) is 0 Å². The highest BCUT2D eigenvalue weighted by Gasteiger charge is 2.45. The summed E-state index contributed by atoms with van der Waals surface area (Å²) in [6.07, 6.45) is -1.93. The Morgan fingerprint density at radius 3 is 2.46 bits per heavy atom. The van der Waals surface area contributed by atoms with Crippen LogP contribution < -0.4 is 14.9 Å². The Bertz CT molecular complexity index is 1350. The first-order valence-corrected chi connectivity index (χ1v) is 12.6. The molecule has 3 aromatic heterocycles. The maximum absolute atomic E-state index is 13.5. The molecule has 3 aromatic rings. The number of nitrogens with zero attached hydrogens (tertiary/aromatic N) is 6. The van der Waals surface area contributed by atoms with Gasteiger partial charge in [0.25, 0.3) is 11.8 Å². The summed E-state index contributed by atoms with van der Waals surface area (Å²) in [5.74, 6) is -1.20. The standard InChI is InChI=1S/C20H26F2N8O4S/c1-10-6-29(7-11(2)23-10)14-5-13(35(31,32)28-20(4)9-33-12(20)3)8-30-16(14)24-25-17(30)19-27-26-18(34-19)15(21)22/h5,8,10-12,15,23,28H,6-7,9H2,1-4H3/t10-,11-,12?,20?/m0/s1. The fourth-order valence-corrected chi connectivity index (χ4v) is 5.86. The van der Waals surface area contributed by atoms with E-state index in [-0.39, 0.29) is 41.4 Å². The Hall–Kier alpha value is -2.75. The molecule has 0 saturated carbocycles. The van der Waals surface area contributed by atoms with Gasteiger partial charge < -0.3 is 19.4 Å². The van der Waals surface area contributed by atoms with Crippen LogP contribution in [0.1, 0.15) is 40.0 Å². The van der Waals surface area contributed by atoms with Crippen LogP contribution in [0.25, 0.3) is 17.4 Å².